The number of hydrogen-bond acceptors (Lipinski definition) is 9. The van der Waals surface area contributed by atoms with E-state index in [2.05, 4.69) is 32.0 Å². The Bertz CT molecular complexity index is 1360. The third-order valence-corrected chi connectivity index (χ3v) is 7.89. The quantitative estimate of drug-likeness (QED) is 0.484. The van der Waals surface area contributed by atoms with E-state index in [1.54, 1.807) is 29.2 Å². The Morgan fingerprint density at radius 3 is 2.66 bits per heavy atom. The summed E-state index contributed by atoms with van der Waals surface area (Å²) in [5.41, 5.74) is 6.02. The van der Waals surface area contributed by atoms with E-state index in [0.29, 0.717) is 55.7 Å². The molecule has 1 spiro atoms. The number of nitrogens with zero attached hydrogens (tertiary/aromatic N) is 6. The lowest BCUT2D eigenvalue weighted by Gasteiger charge is -2.47. The Labute approximate surface area is 240 Å². The summed E-state index contributed by atoms with van der Waals surface area (Å²) in [7, 11) is 2.08. The van der Waals surface area contributed by atoms with Gasteiger partial charge in [0.25, 0.3) is 5.69 Å². The van der Waals surface area contributed by atoms with Crippen molar-refractivity contribution < 1.29 is 19.1 Å². The first-order valence-electron chi connectivity index (χ1n) is 14.0. The van der Waals surface area contributed by atoms with Crippen molar-refractivity contribution in [3.8, 4) is 6.01 Å². The molecule has 3 aliphatic rings. The molecule has 0 radical (unpaired) electrons. The fourth-order valence-corrected chi connectivity index (χ4v) is 5.74. The van der Waals surface area contributed by atoms with Gasteiger partial charge in [0.05, 0.1) is 6.57 Å². The van der Waals surface area contributed by atoms with Gasteiger partial charge < -0.3 is 35.2 Å². The minimum atomic E-state index is -0.546. The molecule has 41 heavy (non-hydrogen) atoms. The molecule has 12 heteroatoms. The predicted octanol–water partition coefficient (Wildman–Crippen LogP) is 3.79. The molecule has 4 heterocycles. The smallest absolute Gasteiger partial charge is 0.410 e. The number of likely N-dealkylation sites (N-methyl/N-ethyl adjacent to an activating group) is 1. The lowest BCUT2D eigenvalue weighted by molar-refractivity contribution is -0.0266. The van der Waals surface area contributed by atoms with Crippen molar-refractivity contribution >= 4 is 35.0 Å². The van der Waals surface area contributed by atoms with Gasteiger partial charge >= 0.3 is 12.1 Å². The standard InChI is InChI=1S/C29H38N8O4/c1-28(2,3)41-27(39)37-17-29(18-37)11-13-36(16-29)25-22(31-4)24(32-20-9-6-8-19(14-20)23(30)38)33-26(34-25)40-15-21-10-7-12-35(21)5/h6,8-9,14,21H,7,10-13,15-18H2,1-3,5H3,(H2,30,38)(H,32,33,34). The van der Waals surface area contributed by atoms with E-state index in [-0.39, 0.29) is 29.2 Å². The molecule has 0 aliphatic carbocycles. The van der Waals surface area contributed by atoms with Gasteiger partial charge in [-0.1, -0.05) is 6.07 Å². The van der Waals surface area contributed by atoms with Crippen molar-refractivity contribution in [3.63, 3.8) is 0 Å². The van der Waals surface area contributed by atoms with Crippen LogP contribution in [0.5, 0.6) is 6.01 Å². The lowest BCUT2D eigenvalue weighted by atomic mass is 9.79. The largest absolute Gasteiger partial charge is 0.462 e. The molecule has 0 bridgehead atoms. The van der Waals surface area contributed by atoms with Crippen LogP contribution in [0.25, 0.3) is 4.85 Å². The number of benzene rings is 1. The van der Waals surface area contributed by atoms with Crippen LogP contribution in [-0.4, -0.2) is 89.8 Å². The third kappa shape index (κ3) is 6.30. The highest BCUT2D eigenvalue weighted by Gasteiger charge is 2.51. The van der Waals surface area contributed by atoms with Crippen LogP contribution in [0.4, 0.5) is 27.8 Å². The average molecular weight is 563 g/mol. The molecule has 12 nitrogen and oxygen atoms in total. The van der Waals surface area contributed by atoms with Crippen LogP contribution in [0.15, 0.2) is 24.3 Å². The minimum absolute atomic E-state index is 0.0852. The van der Waals surface area contributed by atoms with Crippen LogP contribution in [-0.2, 0) is 4.74 Å². The normalized spacial score (nSPS) is 20.0. The second-order valence-corrected chi connectivity index (χ2v) is 12.3. The van der Waals surface area contributed by atoms with E-state index in [1.165, 1.54) is 0 Å². The zero-order valence-electron chi connectivity index (χ0n) is 24.1. The van der Waals surface area contributed by atoms with Gasteiger partial charge in [-0.3, -0.25) is 4.79 Å². The molecule has 1 aromatic carbocycles. The number of nitrogens with one attached hydrogen (secondary N) is 1. The third-order valence-electron chi connectivity index (χ3n) is 7.89. The van der Waals surface area contributed by atoms with Crippen LogP contribution in [0.3, 0.4) is 0 Å². The highest BCUT2D eigenvalue weighted by Crippen LogP contribution is 2.45. The van der Waals surface area contributed by atoms with E-state index >= 15 is 0 Å². The van der Waals surface area contributed by atoms with Gasteiger partial charge in [0.2, 0.25) is 5.91 Å². The van der Waals surface area contributed by atoms with E-state index in [1.807, 2.05) is 20.8 Å². The van der Waals surface area contributed by atoms with Gasteiger partial charge in [-0.05, 0) is 71.8 Å². The summed E-state index contributed by atoms with van der Waals surface area (Å²) in [5, 5.41) is 3.19. The van der Waals surface area contributed by atoms with Gasteiger partial charge in [0.1, 0.15) is 23.8 Å². The van der Waals surface area contributed by atoms with E-state index in [4.69, 9.17) is 26.8 Å². The Morgan fingerprint density at radius 2 is 2.00 bits per heavy atom. The minimum Gasteiger partial charge on any atom is -0.462 e. The maximum Gasteiger partial charge on any atom is 0.410 e. The monoisotopic (exact) mass is 562 g/mol. The van der Waals surface area contributed by atoms with Crippen LogP contribution < -0.4 is 20.7 Å². The Balaban J connectivity index is 1.39. The van der Waals surface area contributed by atoms with Crippen molar-refractivity contribution in [2.75, 3.05) is 56.6 Å². The number of likely N-dealkylation sites (tertiary alicyclic amines) is 2. The van der Waals surface area contributed by atoms with Crippen molar-refractivity contribution in [3.05, 3.63) is 41.2 Å². The maximum absolute atomic E-state index is 12.5. The maximum atomic E-state index is 12.5. The topological polar surface area (TPSA) is 131 Å². The van der Waals surface area contributed by atoms with Crippen molar-refractivity contribution in [2.24, 2.45) is 11.1 Å². The number of anilines is 3. The molecule has 3 saturated heterocycles. The van der Waals surface area contributed by atoms with Gasteiger partial charge in [0, 0.05) is 48.9 Å². The van der Waals surface area contributed by atoms with Crippen LogP contribution in [0, 0.1) is 12.0 Å². The zero-order chi connectivity index (χ0) is 29.4. The van der Waals surface area contributed by atoms with Crippen LogP contribution in [0.2, 0.25) is 0 Å². The van der Waals surface area contributed by atoms with E-state index < -0.39 is 11.5 Å². The summed E-state index contributed by atoms with van der Waals surface area (Å²) in [4.78, 5) is 43.5. The molecular weight excluding hydrogens is 524 g/mol. The lowest BCUT2D eigenvalue weighted by Crippen LogP contribution is -2.60. The molecule has 218 valence electrons. The number of rotatable bonds is 7. The summed E-state index contributed by atoms with van der Waals surface area (Å²) in [5.74, 6) is 0.243. The number of carbonyl (C=O) groups is 2. The Kier molecular flexibility index (Phi) is 7.66. The molecule has 3 fully saturated rings. The first kappa shape index (κ1) is 28.4. The van der Waals surface area contributed by atoms with Crippen LogP contribution >= 0.6 is 0 Å². The number of primary amides is 1. The molecule has 1 atom stereocenters. The molecule has 5 rings (SSSR count). The van der Waals surface area contributed by atoms with Gasteiger partial charge in [-0.2, -0.15) is 9.97 Å². The summed E-state index contributed by atoms with van der Waals surface area (Å²) in [6.45, 7) is 17.6. The first-order valence-corrected chi connectivity index (χ1v) is 14.0. The number of amides is 2. The second kappa shape index (κ2) is 11.0. The fourth-order valence-electron chi connectivity index (χ4n) is 5.74. The first-order chi connectivity index (χ1) is 19.4. The number of ether oxygens (including phenoxy) is 2. The Morgan fingerprint density at radius 1 is 1.22 bits per heavy atom. The molecule has 3 aliphatic heterocycles. The van der Waals surface area contributed by atoms with Gasteiger partial charge in [-0.15, -0.1) is 0 Å². The molecule has 0 saturated carbocycles. The summed E-state index contributed by atoms with van der Waals surface area (Å²) < 4.78 is 11.6. The van der Waals surface area contributed by atoms with Gasteiger partial charge in [0.15, 0.2) is 0 Å². The fraction of sp³-hybridized carbons (Fsp3) is 0.552. The zero-order valence-corrected chi connectivity index (χ0v) is 24.1. The summed E-state index contributed by atoms with van der Waals surface area (Å²) in [6, 6.07) is 7.20. The van der Waals surface area contributed by atoms with Crippen molar-refractivity contribution in [2.45, 2.75) is 51.7 Å². The highest BCUT2D eigenvalue weighted by molar-refractivity contribution is 5.94. The molecule has 1 unspecified atom stereocenters. The summed E-state index contributed by atoms with van der Waals surface area (Å²) >= 11 is 0. The number of nitrogens with two attached hydrogens (primary N) is 1. The Hall–Kier alpha value is -4.11. The molecular formula is C29H38N8O4. The molecule has 2 amide bonds. The average Bonchev–Trinajstić information content (AvgIpc) is 3.52. The number of carbonyl (C=O) groups excluding carboxylic acids is 2. The van der Waals surface area contributed by atoms with Crippen molar-refractivity contribution in [1.29, 1.82) is 0 Å². The number of hydrogen-bond donors (Lipinski definition) is 2. The summed E-state index contributed by atoms with van der Waals surface area (Å²) in [6.07, 6.45) is 2.71. The molecule has 2 aromatic rings. The van der Waals surface area contributed by atoms with E-state index in [9.17, 15) is 9.59 Å². The van der Waals surface area contributed by atoms with Crippen LogP contribution in [0.1, 0.15) is 50.4 Å². The predicted molar refractivity (Wildman–Crippen MR) is 155 cm³/mol. The molecule has 1 aromatic heterocycles. The van der Waals surface area contributed by atoms with Gasteiger partial charge in [-0.25, -0.2) is 9.64 Å². The SMILES string of the molecule is [C-]#[N+]c1c(Nc2cccc(C(N)=O)c2)nc(OCC2CCCN2C)nc1N1CCC2(CN(C(=O)OC(C)(C)C)C2)C1. The van der Waals surface area contributed by atoms with E-state index in [0.717, 1.165) is 25.8 Å². The van der Waals surface area contributed by atoms with Crippen molar-refractivity contribution in [1.82, 2.24) is 19.8 Å². The second-order valence-electron chi connectivity index (χ2n) is 12.3. The molecule has 3 N–H and O–H groups in total. The highest BCUT2D eigenvalue weighted by atomic mass is 16.6. The number of aromatic nitrogens is 2.